The van der Waals surface area contributed by atoms with E-state index in [-0.39, 0.29) is 0 Å². The van der Waals surface area contributed by atoms with E-state index in [0.717, 1.165) is 59.2 Å². The second-order valence-electron chi connectivity index (χ2n) is 12.8. The Morgan fingerprint density at radius 1 is 0.688 bits per heavy atom. The third-order valence-electron chi connectivity index (χ3n) is 11.0. The number of hydrogen-bond donors (Lipinski definition) is 0. The number of fused-ring (bicyclic) bond motifs is 1. The van der Waals surface area contributed by atoms with Gasteiger partial charge in [0.2, 0.25) is 0 Å². The molecule has 0 aromatic rings. The highest BCUT2D eigenvalue weighted by Gasteiger charge is 2.54. The van der Waals surface area contributed by atoms with Gasteiger partial charge in [-0.25, -0.2) is 0 Å². The molecular weight excluding hydrogens is 384 g/mol. The molecule has 0 nitrogen and oxygen atoms in total. The molecule has 0 aromatic carbocycles. The fourth-order valence-electron chi connectivity index (χ4n) is 9.91. The van der Waals surface area contributed by atoms with Gasteiger partial charge in [-0.2, -0.15) is 0 Å². The average molecular weight is 445 g/mol. The van der Waals surface area contributed by atoms with Crippen molar-refractivity contribution in [2.75, 3.05) is 0 Å². The predicted octanol–water partition coefficient (Wildman–Crippen LogP) is 10.6. The van der Waals surface area contributed by atoms with Gasteiger partial charge in [0.05, 0.1) is 0 Å². The Balaban J connectivity index is 1.99. The lowest BCUT2D eigenvalue weighted by Crippen LogP contribution is -2.50. The summed E-state index contributed by atoms with van der Waals surface area (Å²) in [7, 11) is 0. The standard InChI is InChI=1S/C32H60/c1-7-11-19-28(26-20-14-12-13-18-23(26)5)32-27(17-9-3)25(10-4)31(24(6)16-8-2)29-21-15-22-30(29)32/h23-32H,7-22H2,1-6H3. The Labute approximate surface area is 203 Å². The predicted molar refractivity (Wildman–Crippen MR) is 143 cm³/mol. The van der Waals surface area contributed by atoms with Crippen LogP contribution in [0.25, 0.3) is 0 Å². The van der Waals surface area contributed by atoms with Crippen LogP contribution in [0.15, 0.2) is 0 Å². The van der Waals surface area contributed by atoms with Gasteiger partial charge in [-0.3, -0.25) is 0 Å². The van der Waals surface area contributed by atoms with Gasteiger partial charge in [-0.05, 0) is 84.9 Å². The molecule has 3 aliphatic rings. The van der Waals surface area contributed by atoms with Crippen LogP contribution < -0.4 is 0 Å². The van der Waals surface area contributed by atoms with Crippen LogP contribution in [0, 0.1) is 59.2 Å². The highest BCUT2D eigenvalue weighted by atomic mass is 14.6. The molecule has 10 atom stereocenters. The summed E-state index contributed by atoms with van der Waals surface area (Å²) in [4.78, 5) is 0. The van der Waals surface area contributed by atoms with Gasteiger partial charge in [-0.1, -0.05) is 119 Å². The van der Waals surface area contributed by atoms with Crippen LogP contribution in [0.5, 0.6) is 0 Å². The topological polar surface area (TPSA) is 0 Å². The zero-order valence-corrected chi connectivity index (χ0v) is 23.1. The van der Waals surface area contributed by atoms with E-state index in [0.29, 0.717) is 0 Å². The normalized spacial score (nSPS) is 39.9. The molecule has 0 N–H and O–H groups in total. The highest BCUT2D eigenvalue weighted by Crippen LogP contribution is 2.61. The lowest BCUT2D eigenvalue weighted by Gasteiger charge is -2.56. The first-order chi connectivity index (χ1) is 15.6. The zero-order chi connectivity index (χ0) is 23.1. The smallest absolute Gasteiger partial charge is 0.0321 e. The molecule has 3 saturated carbocycles. The van der Waals surface area contributed by atoms with Crippen LogP contribution in [0.1, 0.15) is 144 Å². The summed E-state index contributed by atoms with van der Waals surface area (Å²) in [6.45, 7) is 15.2. The molecule has 32 heavy (non-hydrogen) atoms. The number of unbranched alkanes of at least 4 members (excludes halogenated alkanes) is 1. The quantitative estimate of drug-likeness (QED) is 0.278. The molecule has 0 radical (unpaired) electrons. The van der Waals surface area contributed by atoms with Crippen LogP contribution in [-0.4, -0.2) is 0 Å². The molecule has 0 spiro atoms. The summed E-state index contributed by atoms with van der Waals surface area (Å²) in [5.41, 5.74) is 0. The summed E-state index contributed by atoms with van der Waals surface area (Å²) in [6, 6.07) is 0. The second-order valence-corrected chi connectivity index (χ2v) is 12.8. The van der Waals surface area contributed by atoms with Crippen molar-refractivity contribution in [3.05, 3.63) is 0 Å². The first-order valence-corrected chi connectivity index (χ1v) is 15.6. The van der Waals surface area contributed by atoms with Crippen LogP contribution in [0.2, 0.25) is 0 Å². The van der Waals surface area contributed by atoms with Crippen molar-refractivity contribution in [2.45, 2.75) is 144 Å². The maximum Gasteiger partial charge on any atom is -0.0321 e. The summed E-state index contributed by atoms with van der Waals surface area (Å²) < 4.78 is 0. The lowest BCUT2D eigenvalue weighted by molar-refractivity contribution is -0.0793. The summed E-state index contributed by atoms with van der Waals surface area (Å²) >= 11 is 0. The monoisotopic (exact) mass is 444 g/mol. The van der Waals surface area contributed by atoms with Gasteiger partial charge in [0, 0.05) is 0 Å². The zero-order valence-electron chi connectivity index (χ0n) is 23.1. The molecule has 0 aromatic heterocycles. The SMILES string of the molecule is CCCCC(C1CCCCCC1C)C1C(CCC)C(CC)C(C(C)CCC)C2CCCC21. The third kappa shape index (κ3) is 5.79. The Morgan fingerprint density at radius 2 is 1.41 bits per heavy atom. The van der Waals surface area contributed by atoms with Gasteiger partial charge in [0.1, 0.15) is 0 Å². The fourth-order valence-corrected chi connectivity index (χ4v) is 9.91. The number of rotatable bonds is 11. The van der Waals surface area contributed by atoms with Crippen LogP contribution in [0.3, 0.4) is 0 Å². The van der Waals surface area contributed by atoms with Crippen molar-refractivity contribution in [2.24, 2.45) is 59.2 Å². The van der Waals surface area contributed by atoms with Gasteiger partial charge < -0.3 is 0 Å². The molecule has 3 rings (SSSR count). The van der Waals surface area contributed by atoms with E-state index in [1.165, 1.54) is 77.0 Å². The lowest BCUT2D eigenvalue weighted by atomic mass is 9.49. The van der Waals surface area contributed by atoms with Crippen molar-refractivity contribution in [3.8, 4) is 0 Å². The second kappa shape index (κ2) is 13.2. The summed E-state index contributed by atoms with van der Waals surface area (Å²) in [6.07, 6.45) is 23.9. The van der Waals surface area contributed by atoms with Gasteiger partial charge in [-0.15, -0.1) is 0 Å². The van der Waals surface area contributed by atoms with Crippen molar-refractivity contribution in [1.82, 2.24) is 0 Å². The maximum atomic E-state index is 2.65. The van der Waals surface area contributed by atoms with E-state index >= 15 is 0 Å². The molecule has 3 fully saturated rings. The van der Waals surface area contributed by atoms with E-state index < -0.39 is 0 Å². The van der Waals surface area contributed by atoms with Crippen LogP contribution >= 0.6 is 0 Å². The Hall–Kier alpha value is 0. The maximum absolute atomic E-state index is 2.65. The van der Waals surface area contributed by atoms with Crippen molar-refractivity contribution in [1.29, 1.82) is 0 Å². The average Bonchev–Trinajstić information content (AvgIpc) is 3.16. The van der Waals surface area contributed by atoms with Crippen LogP contribution in [-0.2, 0) is 0 Å². The van der Waals surface area contributed by atoms with E-state index in [1.807, 2.05) is 0 Å². The fraction of sp³-hybridized carbons (Fsp3) is 1.00. The molecule has 0 amide bonds. The van der Waals surface area contributed by atoms with Gasteiger partial charge in [0.25, 0.3) is 0 Å². The summed E-state index contributed by atoms with van der Waals surface area (Å²) in [5, 5.41) is 0. The van der Waals surface area contributed by atoms with E-state index in [1.54, 1.807) is 25.7 Å². The van der Waals surface area contributed by atoms with Gasteiger partial charge >= 0.3 is 0 Å². The molecule has 0 heterocycles. The molecule has 0 heteroatoms. The molecule has 0 bridgehead atoms. The van der Waals surface area contributed by atoms with Crippen molar-refractivity contribution >= 4 is 0 Å². The minimum Gasteiger partial charge on any atom is -0.0654 e. The first kappa shape index (κ1) is 26.6. The van der Waals surface area contributed by atoms with E-state index in [9.17, 15) is 0 Å². The molecule has 0 saturated heterocycles. The van der Waals surface area contributed by atoms with E-state index in [4.69, 9.17) is 0 Å². The van der Waals surface area contributed by atoms with E-state index in [2.05, 4.69) is 41.5 Å². The number of hydrogen-bond acceptors (Lipinski definition) is 0. The van der Waals surface area contributed by atoms with Gasteiger partial charge in [0.15, 0.2) is 0 Å². The molecule has 10 unspecified atom stereocenters. The minimum absolute atomic E-state index is 0.946. The van der Waals surface area contributed by atoms with Crippen LogP contribution in [0.4, 0.5) is 0 Å². The van der Waals surface area contributed by atoms with Crippen molar-refractivity contribution < 1.29 is 0 Å². The Bertz CT molecular complexity index is 508. The minimum atomic E-state index is 0.946. The first-order valence-electron chi connectivity index (χ1n) is 15.6. The van der Waals surface area contributed by atoms with Crippen molar-refractivity contribution in [3.63, 3.8) is 0 Å². The summed E-state index contributed by atoms with van der Waals surface area (Å²) in [5.74, 6) is 10.2. The largest absolute Gasteiger partial charge is 0.0654 e. The Morgan fingerprint density at radius 3 is 2.06 bits per heavy atom. The molecule has 3 aliphatic carbocycles. The Kier molecular flexibility index (Phi) is 11.0. The molecular formula is C32H60. The highest BCUT2D eigenvalue weighted by molar-refractivity contribution is 5.03. The molecule has 0 aliphatic heterocycles. The third-order valence-corrected chi connectivity index (χ3v) is 11.0. The molecule has 188 valence electrons.